The SMILES string of the molecule is CC(C)C#Cc1cncn1C. The van der Waals surface area contributed by atoms with Gasteiger partial charge in [-0.3, -0.25) is 0 Å². The zero-order chi connectivity index (χ0) is 8.27. The normalized spacial score (nSPS) is 9.45. The first-order valence-electron chi connectivity index (χ1n) is 3.68. The molecule has 0 spiro atoms. The van der Waals surface area contributed by atoms with Crippen LogP contribution in [0.2, 0.25) is 0 Å². The summed E-state index contributed by atoms with van der Waals surface area (Å²) < 4.78 is 1.91. The number of hydrogen-bond acceptors (Lipinski definition) is 1. The van der Waals surface area contributed by atoms with E-state index in [1.165, 1.54) is 0 Å². The van der Waals surface area contributed by atoms with E-state index in [9.17, 15) is 0 Å². The summed E-state index contributed by atoms with van der Waals surface area (Å²) in [5.41, 5.74) is 0.971. The molecule has 1 aromatic rings. The Morgan fingerprint density at radius 3 is 2.73 bits per heavy atom. The first kappa shape index (κ1) is 7.87. The van der Waals surface area contributed by atoms with Crippen molar-refractivity contribution in [3.8, 4) is 11.8 Å². The summed E-state index contributed by atoms with van der Waals surface area (Å²) >= 11 is 0. The maximum Gasteiger partial charge on any atom is 0.111 e. The molecule has 2 heteroatoms. The van der Waals surface area contributed by atoms with Crippen molar-refractivity contribution in [2.45, 2.75) is 13.8 Å². The van der Waals surface area contributed by atoms with Crippen LogP contribution in [0.25, 0.3) is 0 Å². The van der Waals surface area contributed by atoms with E-state index in [4.69, 9.17) is 0 Å². The Morgan fingerprint density at radius 2 is 2.27 bits per heavy atom. The van der Waals surface area contributed by atoms with E-state index < -0.39 is 0 Å². The van der Waals surface area contributed by atoms with Crippen molar-refractivity contribution in [2.24, 2.45) is 13.0 Å². The third-order valence-corrected chi connectivity index (χ3v) is 1.31. The van der Waals surface area contributed by atoms with Gasteiger partial charge in [-0.2, -0.15) is 0 Å². The lowest BCUT2D eigenvalue weighted by Crippen LogP contribution is -1.89. The number of aryl methyl sites for hydroxylation is 1. The number of nitrogens with zero attached hydrogens (tertiary/aromatic N) is 2. The summed E-state index contributed by atoms with van der Waals surface area (Å²) in [6.07, 6.45) is 3.53. The van der Waals surface area contributed by atoms with E-state index in [1.54, 1.807) is 12.5 Å². The molecule has 2 nitrogen and oxygen atoms in total. The predicted molar refractivity (Wildman–Crippen MR) is 44.9 cm³/mol. The van der Waals surface area contributed by atoms with Crippen LogP contribution in [-0.4, -0.2) is 9.55 Å². The summed E-state index contributed by atoms with van der Waals surface area (Å²) in [5, 5.41) is 0. The van der Waals surface area contributed by atoms with Gasteiger partial charge in [-0.25, -0.2) is 4.98 Å². The predicted octanol–water partition coefficient (Wildman–Crippen LogP) is 1.43. The number of rotatable bonds is 0. The molecule has 0 aliphatic carbocycles. The summed E-state index contributed by atoms with van der Waals surface area (Å²) in [4.78, 5) is 3.96. The van der Waals surface area contributed by atoms with Crippen LogP contribution in [0.15, 0.2) is 12.5 Å². The Morgan fingerprint density at radius 1 is 1.55 bits per heavy atom. The quantitative estimate of drug-likeness (QED) is 0.509. The average Bonchev–Trinajstić information content (AvgIpc) is 2.31. The minimum absolute atomic E-state index is 0.421. The molecule has 0 saturated heterocycles. The first-order chi connectivity index (χ1) is 5.20. The zero-order valence-corrected chi connectivity index (χ0v) is 7.13. The standard InChI is InChI=1S/C9H12N2/c1-8(2)4-5-9-6-10-7-11(9)3/h6-8H,1-3H3. The molecule has 0 fully saturated rings. The molecule has 0 atom stereocenters. The molecule has 0 aromatic carbocycles. The van der Waals surface area contributed by atoms with E-state index in [-0.39, 0.29) is 0 Å². The van der Waals surface area contributed by atoms with Crippen molar-refractivity contribution in [3.63, 3.8) is 0 Å². The molecule has 58 valence electrons. The summed E-state index contributed by atoms with van der Waals surface area (Å²) in [7, 11) is 1.94. The van der Waals surface area contributed by atoms with Crippen molar-refractivity contribution < 1.29 is 0 Å². The van der Waals surface area contributed by atoms with Gasteiger partial charge in [0.25, 0.3) is 0 Å². The monoisotopic (exact) mass is 148 g/mol. The molecule has 1 heterocycles. The van der Waals surface area contributed by atoms with Crippen molar-refractivity contribution in [3.05, 3.63) is 18.2 Å². The third kappa shape index (κ3) is 2.12. The van der Waals surface area contributed by atoms with Gasteiger partial charge in [0.05, 0.1) is 12.5 Å². The van der Waals surface area contributed by atoms with Crippen LogP contribution in [0.1, 0.15) is 19.5 Å². The molecule has 11 heavy (non-hydrogen) atoms. The number of imidazole rings is 1. The minimum Gasteiger partial charge on any atom is -0.327 e. The molecule has 0 aliphatic rings. The highest BCUT2D eigenvalue weighted by atomic mass is 15.0. The Labute approximate surface area is 67.3 Å². The Bertz CT molecular complexity index is 286. The van der Waals surface area contributed by atoms with E-state index in [2.05, 4.69) is 30.7 Å². The Balaban J connectivity index is 2.81. The average molecular weight is 148 g/mol. The van der Waals surface area contributed by atoms with E-state index in [0.717, 1.165) is 5.69 Å². The Kier molecular flexibility index (Phi) is 2.32. The lowest BCUT2D eigenvalue weighted by Gasteiger charge is -1.90. The second-order valence-corrected chi connectivity index (χ2v) is 2.81. The van der Waals surface area contributed by atoms with Crippen molar-refractivity contribution in [2.75, 3.05) is 0 Å². The number of aromatic nitrogens is 2. The highest BCUT2D eigenvalue weighted by molar-refractivity contribution is 5.26. The topological polar surface area (TPSA) is 17.8 Å². The summed E-state index contributed by atoms with van der Waals surface area (Å²) in [6, 6.07) is 0. The highest BCUT2D eigenvalue weighted by Crippen LogP contribution is 1.94. The molecule has 0 bridgehead atoms. The van der Waals surface area contributed by atoms with Gasteiger partial charge < -0.3 is 4.57 Å². The van der Waals surface area contributed by atoms with Crippen LogP contribution in [0.3, 0.4) is 0 Å². The molecule has 0 radical (unpaired) electrons. The molecule has 0 aliphatic heterocycles. The largest absolute Gasteiger partial charge is 0.327 e. The van der Waals surface area contributed by atoms with E-state index >= 15 is 0 Å². The minimum atomic E-state index is 0.421. The van der Waals surface area contributed by atoms with Gasteiger partial charge >= 0.3 is 0 Å². The van der Waals surface area contributed by atoms with Crippen LogP contribution in [0.4, 0.5) is 0 Å². The molecule has 0 N–H and O–H groups in total. The highest BCUT2D eigenvalue weighted by Gasteiger charge is 1.90. The lowest BCUT2D eigenvalue weighted by molar-refractivity contribution is 0.862. The van der Waals surface area contributed by atoms with Crippen molar-refractivity contribution in [1.82, 2.24) is 9.55 Å². The van der Waals surface area contributed by atoms with Gasteiger partial charge in [-0.1, -0.05) is 19.8 Å². The molecular weight excluding hydrogens is 136 g/mol. The number of hydrogen-bond donors (Lipinski definition) is 0. The molecular formula is C9H12N2. The van der Waals surface area contributed by atoms with Gasteiger partial charge in [0.1, 0.15) is 5.69 Å². The van der Waals surface area contributed by atoms with Crippen LogP contribution in [-0.2, 0) is 7.05 Å². The second-order valence-electron chi connectivity index (χ2n) is 2.81. The third-order valence-electron chi connectivity index (χ3n) is 1.31. The maximum atomic E-state index is 3.96. The maximum absolute atomic E-state index is 3.96. The fourth-order valence-electron chi connectivity index (χ4n) is 0.696. The van der Waals surface area contributed by atoms with Gasteiger partial charge in [0.15, 0.2) is 0 Å². The van der Waals surface area contributed by atoms with E-state index in [1.807, 2.05) is 11.6 Å². The molecule has 1 rings (SSSR count). The molecule has 1 aromatic heterocycles. The molecule has 0 amide bonds. The fraction of sp³-hybridized carbons (Fsp3) is 0.444. The summed E-state index contributed by atoms with van der Waals surface area (Å²) in [6.45, 7) is 4.15. The molecule has 0 saturated carbocycles. The lowest BCUT2D eigenvalue weighted by atomic mass is 10.2. The van der Waals surface area contributed by atoms with Crippen molar-refractivity contribution in [1.29, 1.82) is 0 Å². The van der Waals surface area contributed by atoms with Crippen molar-refractivity contribution >= 4 is 0 Å². The van der Waals surface area contributed by atoms with Crippen LogP contribution in [0, 0.1) is 17.8 Å². The van der Waals surface area contributed by atoms with Crippen LogP contribution >= 0.6 is 0 Å². The van der Waals surface area contributed by atoms with Crippen LogP contribution < -0.4 is 0 Å². The van der Waals surface area contributed by atoms with Gasteiger partial charge in [-0.05, 0) is 5.92 Å². The van der Waals surface area contributed by atoms with Crippen LogP contribution in [0.5, 0.6) is 0 Å². The van der Waals surface area contributed by atoms with Gasteiger partial charge in [0, 0.05) is 13.0 Å². The summed E-state index contributed by atoms with van der Waals surface area (Å²) in [5.74, 6) is 6.54. The van der Waals surface area contributed by atoms with E-state index in [0.29, 0.717) is 5.92 Å². The zero-order valence-electron chi connectivity index (χ0n) is 7.13. The first-order valence-corrected chi connectivity index (χ1v) is 3.68. The Hall–Kier alpha value is -1.23. The smallest absolute Gasteiger partial charge is 0.111 e. The van der Waals surface area contributed by atoms with Gasteiger partial charge in [-0.15, -0.1) is 0 Å². The second kappa shape index (κ2) is 3.25. The molecule has 0 unspecified atom stereocenters. The fourth-order valence-corrected chi connectivity index (χ4v) is 0.696. The van der Waals surface area contributed by atoms with Gasteiger partial charge in [0.2, 0.25) is 0 Å².